The van der Waals surface area contributed by atoms with Gasteiger partial charge in [-0.2, -0.15) is 0 Å². The van der Waals surface area contributed by atoms with Crippen LogP contribution in [0.25, 0.3) is 11.3 Å². The van der Waals surface area contributed by atoms with Gasteiger partial charge in [-0.25, -0.2) is 4.98 Å². The molecule has 0 fully saturated rings. The summed E-state index contributed by atoms with van der Waals surface area (Å²) in [5, 5.41) is 11.2. The van der Waals surface area contributed by atoms with Crippen LogP contribution >= 0.6 is 11.8 Å². The average molecular weight is 392 g/mol. The van der Waals surface area contributed by atoms with Crippen LogP contribution in [0.1, 0.15) is 30.6 Å². The number of rotatable bonds is 7. The molecular formula is C21H20N4O2S. The Morgan fingerprint density at radius 2 is 1.75 bits per heavy atom. The van der Waals surface area contributed by atoms with E-state index in [4.69, 9.17) is 0 Å². The number of hydrogen-bond donors (Lipinski definition) is 1. The average Bonchev–Trinajstić information content (AvgIpc) is 2.73. The van der Waals surface area contributed by atoms with Crippen LogP contribution in [-0.2, 0) is 4.79 Å². The minimum Gasteiger partial charge on any atom is -0.324 e. The second kappa shape index (κ2) is 9.23. The van der Waals surface area contributed by atoms with Gasteiger partial charge in [0, 0.05) is 11.1 Å². The Labute approximate surface area is 167 Å². The maximum atomic E-state index is 12.7. The van der Waals surface area contributed by atoms with Gasteiger partial charge < -0.3 is 5.32 Å². The third-order valence-electron chi connectivity index (χ3n) is 4.09. The fourth-order valence-corrected chi connectivity index (χ4v) is 3.41. The smallest absolute Gasteiger partial charge is 0.237 e. The molecule has 0 bridgehead atoms. The first-order valence-corrected chi connectivity index (χ1v) is 9.79. The Morgan fingerprint density at radius 3 is 2.39 bits per heavy atom. The fourth-order valence-electron chi connectivity index (χ4n) is 2.62. The van der Waals surface area contributed by atoms with Crippen LogP contribution in [0.3, 0.4) is 0 Å². The summed E-state index contributed by atoms with van der Waals surface area (Å²) in [4.78, 5) is 28.8. The number of Topliss-reactive ketones (excluding diaryl/α,β-unsaturated/α-hetero) is 1. The first kappa shape index (κ1) is 19.7. The number of hydrogen-bond acceptors (Lipinski definition) is 6. The van der Waals surface area contributed by atoms with Crippen molar-refractivity contribution in [2.45, 2.75) is 30.7 Å². The van der Waals surface area contributed by atoms with E-state index < -0.39 is 5.25 Å². The van der Waals surface area contributed by atoms with Crippen molar-refractivity contribution in [2.75, 3.05) is 5.32 Å². The van der Waals surface area contributed by atoms with E-state index in [-0.39, 0.29) is 11.7 Å². The van der Waals surface area contributed by atoms with E-state index in [0.717, 1.165) is 5.56 Å². The lowest BCUT2D eigenvalue weighted by Gasteiger charge is -2.15. The highest BCUT2D eigenvalue weighted by atomic mass is 32.2. The lowest BCUT2D eigenvalue weighted by molar-refractivity contribution is -0.115. The number of ketones is 1. The summed E-state index contributed by atoms with van der Waals surface area (Å²) in [5.74, 6) is -0.294. The predicted octanol–water partition coefficient (Wildman–Crippen LogP) is 4.25. The van der Waals surface area contributed by atoms with E-state index >= 15 is 0 Å². The third kappa shape index (κ3) is 4.80. The number of aromatic nitrogens is 3. The molecule has 1 atom stereocenters. The molecule has 6 nitrogen and oxygen atoms in total. The summed E-state index contributed by atoms with van der Waals surface area (Å²) in [6.45, 7) is 3.39. The second-order valence-corrected chi connectivity index (χ2v) is 7.27. The standard InChI is InChI=1S/C21H20N4O2S/c1-3-19(20(27)23-17-12-8-7-11-16(17)14(2)26)28-21-22-13-18(24-25-21)15-9-5-4-6-10-15/h4-13,19H,3H2,1-2H3,(H,23,27). The zero-order valence-corrected chi connectivity index (χ0v) is 16.4. The molecule has 3 aromatic rings. The van der Waals surface area contributed by atoms with Gasteiger partial charge in [-0.3, -0.25) is 9.59 Å². The van der Waals surface area contributed by atoms with Crippen molar-refractivity contribution in [3.05, 3.63) is 66.4 Å². The summed E-state index contributed by atoms with van der Waals surface area (Å²) in [6.07, 6.45) is 2.24. The predicted molar refractivity (Wildman–Crippen MR) is 110 cm³/mol. The lowest BCUT2D eigenvalue weighted by Crippen LogP contribution is -2.25. The molecule has 0 aliphatic heterocycles. The highest BCUT2D eigenvalue weighted by Gasteiger charge is 2.21. The van der Waals surface area contributed by atoms with Crippen molar-refractivity contribution in [1.29, 1.82) is 0 Å². The molecule has 2 aromatic carbocycles. The topological polar surface area (TPSA) is 84.8 Å². The molecule has 1 aromatic heterocycles. The zero-order valence-electron chi connectivity index (χ0n) is 15.6. The first-order valence-electron chi connectivity index (χ1n) is 8.91. The van der Waals surface area contributed by atoms with Crippen molar-refractivity contribution >= 4 is 29.1 Å². The molecule has 1 unspecified atom stereocenters. The number of anilines is 1. The largest absolute Gasteiger partial charge is 0.324 e. The Balaban J connectivity index is 1.70. The quantitative estimate of drug-likeness (QED) is 0.478. The Morgan fingerprint density at radius 1 is 1.04 bits per heavy atom. The van der Waals surface area contributed by atoms with Gasteiger partial charge in [-0.05, 0) is 25.5 Å². The number of nitrogens with one attached hydrogen (secondary N) is 1. The van der Waals surface area contributed by atoms with E-state index in [1.807, 2.05) is 37.3 Å². The number of amides is 1. The van der Waals surface area contributed by atoms with Crippen molar-refractivity contribution in [3.8, 4) is 11.3 Å². The van der Waals surface area contributed by atoms with E-state index in [0.29, 0.717) is 28.5 Å². The lowest BCUT2D eigenvalue weighted by atomic mass is 10.1. The maximum absolute atomic E-state index is 12.7. The highest BCUT2D eigenvalue weighted by molar-refractivity contribution is 8.00. The van der Waals surface area contributed by atoms with Crippen LogP contribution in [0.4, 0.5) is 5.69 Å². The molecule has 0 saturated carbocycles. The number of carbonyl (C=O) groups excluding carboxylic acids is 2. The minimum atomic E-state index is -0.399. The van der Waals surface area contributed by atoms with Crippen LogP contribution in [0, 0.1) is 0 Å². The molecule has 7 heteroatoms. The molecule has 1 heterocycles. The first-order chi connectivity index (χ1) is 13.6. The molecule has 3 rings (SSSR count). The van der Waals surface area contributed by atoms with Crippen LogP contribution in [-0.4, -0.2) is 32.1 Å². The summed E-state index contributed by atoms with van der Waals surface area (Å²) in [6, 6.07) is 16.6. The van der Waals surface area contributed by atoms with Gasteiger partial charge >= 0.3 is 0 Å². The molecule has 142 valence electrons. The van der Waals surface area contributed by atoms with Gasteiger partial charge in [-0.15, -0.1) is 10.2 Å². The third-order valence-corrected chi connectivity index (χ3v) is 5.32. The van der Waals surface area contributed by atoms with Crippen molar-refractivity contribution < 1.29 is 9.59 Å². The minimum absolute atomic E-state index is 0.0966. The van der Waals surface area contributed by atoms with Crippen LogP contribution in [0.15, 0.2) is 66.0 Å². The highest BCUT2D eigenvalue weighted by Crippen LogP contribution is 2.25. The van der Waals surface area contributed by atoms with Gasteiger partial charge in [0.15, 0.2) is 5.78 Å². The summed E-state index contributed by atoms with van der Waals surface area (Å²) < 4.78 is 0. The molecular weight excluding hydrogens is 372 g/mol. The van der Waals surface area contributed by atoms with Gasteiger partial charge in [-0.1, -0.05) is 61.2 Å². The number of thioether (sulfide) groups is 1. The van der Waals surface area contributed by atoms with Crippen molar-refractivity contribution in [2.24, 2.45) is 0 Å². The zero-order chi connectivity index (χ0) is 19.9. The number of benzene rings is 2. The van der Waals surface area contributed by atoms with E-state index in [2.05, 4.69) is 20.5 Å². The second-order valence-electron chi connectivity index (χ2n) is 6.10. The molecule has 1 amide bonds. The summed E-state index contributed by atoms with van der Waals surface area (Å²) in [5.41, 5.74) is 2.61. The summed E-state index contributed by atoms with van der Waals surface area (Å²) in [7, 11) is 0. The SMILES string of the molecule is CCC(Sc1ncc(-c2ccccc2)nn1)C(=O)Nc1ccccc1C(C)=O. The van der Waals surface area contributed by atoms with E-state index in [1.165, 1.54) is 18.7 Å². The number of nitrogens with zero attached hydrogens (tertiary/aromatic N) is 3. The monoisotopic (exact) mass is 392 g/mol. The molecule has 0 radical (unpaired) electrons. The fraction of sp³-hybridized carbons (Fsp3) is 0.190. The molecule has 0 aliphatic rings. The Bertz CT molecular complexity index is 962. The van der Waals surface area contributed by atoms with E-state index in [9.17, 15) is 9.59 Å². The molecule has 1 N–H and O–H groups in total. The number of carbonyl (C=O) groups is 2. The Kier molecular flexibility index (Phi) is 6.49. The van der Waals surface area contributed by atoms with Gasteiger partial charge in [0.2, 0.25) is 11.1 Å². The Hall–Kier alpha value is -3.06. The molecule has 0 saturated heterocycles. The van der Waals surface area contributed by atoms with E-state index in [1.54, 1.807) is 30.5 Å². The van der Waals surface area contributed by atoms with Crippen LogP contribution < -0.4 is 5.32 Å². The number of para-hydroxylation sites is 1. The van der Waals surface area contributed by atoms with Crippen LogP contribution in [0.2, 0.25) is 0 Å². The summed E-state index contributed by atoms with van der Waals surface area (Å²) >= 11 is 1.25. The molecule has 0 aliphatic carbocycles. The van der Waals surface area contributed by atoms with Gasteiger partial charge in [0.05, 0.1) is 17.1 Å². The van der Waals surface area contributed by atoms with Gasteiger partial charge in [0.25, 0.3) is 0 Å². The normalized spacial score (nSPS) is 11.6. The molecule has 0 spiro atoms. The van der Waals surface area contributed by atoms with Crippen LogP contribution in [0.5, 0.6) is 0 Å². The molecule has 28 heavy (non-hydrogen) atoms. The van der Waals surface area contributed by atoms with Crippen molar-refractivity contribution in [3.63, 3.8) is 0 Å². The maximum Gasteiger partial charge on any atom is 0.237 e. The van der Waals surface area contributed by atoms with Crippen molar-refractivity contribution in [1.82, 2.24) is 15.2 Å². The van der Waals surface area contributed by atoms with Gasteiger partial charge in [0.1, 0.15) is 5.69 Å².